The highest BCUT2D eigenvalue weighted by Gasteiger charge is 2.26. The Morgan fingerprint density at radius 2 is 2.35 bits per heavy atom. The van der Waals surface area contributed by atoms with Crippen molar-refractivity contribution in [3.8, 4) is 0 Å². The zero-order valence-corrected chi connectivity index (χ0v) is 13.7. The number of furan rings is 1. The first kappa shape index (κ1) is 15.8. The lowest BCUT2D eigenvalue weighted by atomic mass is 9.97. The summed E-state index contributed by atoms with van der Waals surface area (Å²) in [4.78, 5) is 18.8. The predicted octanol–water partition coefficient (Wildman–Crippen LogP) is 2.48. The van der Waals surface area contributed by atoms with Crippen molar-refractivity contribution in [2.45, 2.75) is 32.9 Å². The van der Waals surface area contributed by atoms with Gasteiger partial charge in [0.25, 0.3) is 5.91 Å². The molecule has 0 spiro atoms. The number of aryl methyl sites for hydroxylation is 1. The van der Waals surface area contributed by atoms with Crippen molar-refractivity contribution in [1.29, 1.82) is 0 Å². The third kappa shape index (κ3) is 3.64. The van der Waals surface area contributed by atoms with E-state index in [1.807, 2.05) is 24.2 Å². The summed E-state index contributed by atoms with van der Waals surface area (Å²) in [6.07, 6.45) is 5.98. The molecule has 0 N–H and O–H groups in total. The maximum absolute atomic E-state index is 12.6. The van der Waals surface area contributed by atoms with E-state index < -0.39 is 0 Å². The molecular formula is C17H23N3O3. The standard InChI is InChI=1S/C17H23N3O3/c1-13-18-7-9-19(13)10-14-4-3-8-20(11-14)17(21)16-6-5-15(23-16)12-22-2/h5-7,9,14H,3-4,8,10-12H2,1-2H3/t14-/m1/s1. The maximum atomic E-state index is 12.6. The molecule has 6 heteroatoms. The van der Waals surface area contributed by atoms with E-state index >= 15 is 0 Å². The number of aromatic nitrogens is 2. The molecule has 0 aromatic carbocycles. The highest BCUT2D eigenvalue weighted by atomic mass is 16.5. The molecule has 0 aliphatic carbocycles. The fraction of sp³-hybridized carbons (Fsp3) is 0.529. The third-order valence-corrected chi connectivity index (χ3v) is 4.34. The molecule has 0 radical (unpaired) electrons. The molecule has 1 atom stereocenters. The Morgan fingerprint density at radius 1 is 1.48 bits per heavy atom. The maximum Gasteiger partial charge on any atom is 0.289 e. The molecule has 2 aromatic rings. The minimum Gasteiger partial charge on any atom is -0.453 e. The molecule has 0 bridgehead atoms. The van der Waals surface area contributed by atoms with Crippen LogP contribution in [0.1, 0.15) is 35.0 Å². The topological polar surface area (TPSA) is 60.5 Å². The number of carbonyl (C=O) groups is 1. The predicted molar refractivity (Wildman–Crippen MR) is 85.0 cm³/mol. The summed E-state index contributed by atoms with van der Waals surface area (Å²) in [6.45, 7) is 4.85. The van der Waals surface area contributed by atoms with E-state index in [0.717, 1.165) is 38.3 Å². The van der Waals surface area contributed by atoms with Crippen LogP contribution in [-0.4, -0.2) is 40.6 Å². The lowest BCUT2D eigenvalue weighted by Crippen LogP contribution is -2.41. The van der Waals surface area contributed by atoms with Gasteiger partial charge in [-0.3, -0.25) is 4.79 Å². The summed E-state index contributed by atoms with van der Waals surface area (Å²) in [5, 5.41) is 0. The second kappa shape index (κ2) is 7.00. The average Bonchev–Trinajstić information content (AvgIpc) is 3.17. The van der Waals surface area contributed by atoms with Crippen molar-refractivity contribution in [2.24, 2.45) is 5.92 Å². The number of hydrogen-bond acceptors (Lipinski definition) is 4. The van der Waals surface area contributed by atoms with Gasteiger partial charge in [0.05, 0.1) is 0 Å². The fourth-order valence-electron chi connectivity index (χ4n) is 3.14. The zero-order valence-electron chi connectivity index (χ0n) is 13.7. The highest BCUT2D eigenvalue weighted by molar-refractivity contribution is 5.91. The van der Waals surface area contributed by atoms with Crippen molar-refractivity contribution >= 4 is 5.91 Å². The van der Waals surface area contributed by atoms with Gasteiger partial charge in [-0.15, -0.1) is 0 Å². The molecule has 6 nitrogen and oxygen atoms in total. The first-order chi connectivity index (χ1) is 11.2. The molecule has 1 fully saturated rings. The summed E-state index contributed by atoms with van der Waals surface area (Å²) in [6, 6.07) is 3.54. The first-order valence-corrected chi connectivity index (χ1v) is 8.02. The molecule has 0 unspecified atom stereocenters. The van der Waals surface area contributed by atoms with Crippen molar-refractivity contribution < 1.29 is 13.9 Å². The first-order valence-electron chi connectivity index (χ1n) is 8.02. The average molecular weight is 317 g/mol. The quantitative estimate of drug-likeness (QED) is 0.850. The monoisotopic (exact) mass is 317 g/mol. The van der Waals surface area contributed by atoms with Crippen LogP contribution in [0.15, 0.2) is 28.9 Å². The van der Waals surface area contributed by atoms with Crippen LogP contribution in [0.5, 0.6) is 0 Å². The number of imidazole rings is 1. The van der Waals surface area contributed by atoms with Crippen LogP contribution < -0.4 is 0 Å². The number of hydrogen-bond donors (Lipinski definition) is 0. The van der Waals surface area contributed by atoms with Crippen molar-refractivity contribution in [3.63, 3.8) is 0 Å². The molecule has 0 saturated carbocycles. The number of carbonyl (C=O) groups excluding carboxylic acids is 1. The summed E-state index contributed by atoms with van der Waals surface area (Å²) in [7, 11) is 1.61. The van der Waals surface area contributed by atoms with E-state index in [-0.39, 0.29) is 5.91 Å². The Balaban J connectivity index is 1.63. The molecule has 1 amide bonds. The summed E-state index contributed by atoms with van der Waals surface area (Å²) in [5.74, 6) is 2.52. The Labute approximate surface area is 136 Å². The minimum atomic E-state index is -0.0283. The molecular weight excluding hydrogens is 294 g/mol. The van der Waals surface area contributed by atoms with E-state index in [1.54, 1.807) is 19.2 Å². The Morgan fingerprint density at radius 3 is 3.09 bits per heavy atom. The number of ether oxygens (including phenoxy) is 1. The lowest BCUT2D eigenvalue weighted by molar-refractivity contribution is 0.0623. The summed E-state index contributed by atoms with van der Waals surface area (Å²) < 4.78 is 12.7. The normalized spacial score (nSPS) is 18.3. The molecule has 1 aliphatic heterocycles. The SMILES string of the molecule is COCc1ccc(C(=O)N2CCC[C@H](Cn3ccnc3C)C2)o1. The van der Waals surface area contributed by atoms with Crippen molar-refractivity contribution in [2.75, 3.05) is 20.2 Å². The van der Waals surface area contributed by atoms with Crippen molar-refractivity contribution in [3.05, 3.63) is 41.9 Å². The number of nitrogens with zero attached hydrogens (tertiary/aromatic N) is 3. The number of piperidine rings is 1. The smallest absolute Gasteiger partial charge is 0.289 e. The van der Waals surface area contributed by atoms with Crippen LogP contribution in [-0.2, 0) is 17.9 Å². The van der Waals surface area contributed by atoms with Gasteiger partial charge in [-0.1, -0.05) is 0 Å². The van der Waals surface area contributed by atoms with Gasteiger partial charge in [0.2, 0.25) is 0 Å². The molecule has 124 valence electrons. The van der Waals surface area contributed by atoms with E-state index in [9.17, 15) is 4.79 Å². The van der Waals surface area contributed by atoms with Gasteiger partial charge in [0.1, 0.15) is 18.2 Å². The minimum absolute atomic E-state index is 0.0283. The number of amides is 1. The summed E-state index contributed by atoms with van der Waals surface area (Å²) >= 11 is 0. The van der Waals surface area contributed by atoms with Gasteiger partial charge < -0.3 is 18.6 Å². The number of likely N-dealkylation sites (tertiary alicyclic amines) is 1. The van der Waals surface area contributed by atoms with E-state index in [1.165, 1.54) is 0 Å². The molecule has 2 aromatic heterocycles. The Kier molecular flexibility index (Phi) is 4.81. The van der Waals surface area contributed by atoms with Crippen LogP contribution in [0.4, 0.5) is 0 Å². The van der Waals surface area contributed by atoms with Gasteiger partial charge in [0, 0.05) is 39.1 Å². The fourth-order valence-corrected chi connectivity index (χ4v) is 3.14. The number of methoxy groups -OCH3 is 1. The highest BCUT2D eigenvalue weighted by Crippen LogP contribution is 2.21. The van der Waals surface area contributed by atoms with Crippen LogP contribution in [0.2, 0.25) is 0 Å². The summed E-state index contributed by atoms with van der Waals surface area (Å²) in [5.41, 5.74) is 0. The van der Waals surface area contributed by atoms with Crippen LogP contribution in [0, 0.1) is 12.8 Å². The second-order valence-corrected chi connectivity index (χ2v) is 6.09. The van der Waals surface area contributed by atoms with Crippen LogP contribution in [0.25, 0.3) is 0 Å². The third-order valence-electron chi connectivity index (χ3n) is 4.34. The van der Waals surface area contributed by atoms with Crippen LogP contribution >= 0.6 is 0 Å². The lowest BCUT2D eigenvalue weighted by Gasteiger charge is -2.32. The van der Waals surface area contributed by atoms with Gasteiger partial charge in [0.15, 0.2) is 5.76 Å². The van der Waals surface area contributed by atoms with E-state index in [0.29, 0.717) is 24.0 Å². The van der Waals surface area contributed by atoms with E-state index in [4.69, 9.17) is 9.15 Å². The molecule has 23 heavy (non-hydrogen) atoms. The molecule has 1 saturated heterocycles. The van der Waals surface area contributed by atoms with E-state index in [2.05, 4.69) is 9.55 Å². The molecule has 1 aliphatic rings. The Bertz CT molecular complexity index is 662. The molecule has 3 heterocycles. The second-order valence-electron chi connectivity index (χ2n) is 6.09. The van der Waals surface area contributed by atoms with Gasteiger partial charge in [-0.05, 0) is 37.8 Å². The largest absolute Gasteiger partial charge is 0.453 e. The Hall–Kier alpha value is -2.08. The number of rotatable bonds is 5. The van der Waals surface area contributed by atoms with Gasteiger partial charge >= 0.3 is 0 Å². The van der Waals surface area contributed by atoms with Gasteiger partial charge in [-0.2, -0.15) is 0 Å². The molecule has 3 rings (SSSR count). The van der Waals surface area contributed by atoms with Crippen LogP contribution in [0.3, 0.4) is 0 Å². The van der Waals surface area contributed by atoms with Crippen molar-refractivity contribution in [1.82, 2.24) is 14.5 Å². The zero-order chi connectivity index (χ0) is 16.2. The van der Waals surface area contributed by atoms with Gasteiger partial charge in [-0.25, -0.2) is 4.98 Å².